The van der Waals surface area contributed by atoms with Gasteiger partial charge in [-0.25, -0.2) is 0 Å². The van der Waals surface area contributed by atoms with E-state index in [9.17, 15) is 4.79 Å². The highest BCUT2D eigenvalue weighted by atomic mass is 32.2. The molecule has 0 aliphatic rings. The van der Waals surface area contributed by atoms with Gasteiger partial charge in [0.2, 0.25) is 0 Å². The number of unbranched alkanes of at least 4 members (excludes halogenated alkanes) is 3. The minimum absolute atomic E-state index is 0.123. The summed E-state index contributed by atoms with van der Waals surface area (Å²) in [5.41, 5.74) is 0. The Morgan fingerprint density at radius 1 is 0.885 bits per heavy atom. The van der Waals surface area contributed by atoms with Gasteiger partial charge in [0.25, 0.3) is 0 Å². The van der Waals surface area contributed by atoms with Crippen LogP contribution < -0.4 is 0 Å². The first-order valence-electron chi connectivity index (χ1n) is 10.1. The SMILES string of the molecule is CCCCCCOC(=O)C(C)(C)SCCC[Si](OCC)(OCC)OCC. The minimum Gasteiger partial charge on any atom is -0.465 e. The van der Waals surface area contributed by atoms with Gasteiger partial charge in [-0.2, -0.15) is 0 Å². The zero-order valence-corrected chi connectivity index (χ0v) is 19.5. The Morgan fingerprint density at radius 2 is 1.46 bits per heavy atom. The molecule has 0 spiro atoms. The molecular weight excluding hydrogens is 368 g/mol. The van der Waals surface area contributed by atoms with E-state index in [1.165, 1.54) is 12.8 Å². The Balaban J connectivity index is 4.29. The zero-order chi connectivity index (χ0) is 19.9. The summed E-state index contributed by atoms with van der Waals surface area (Å²) in [6.45, 7) is 14.2. The first-order valence-corrected chi connectivity index (χ1v) is 13.0. The number of carbonyl (C=O) groups is 1. The van der Waals surface area contributed by atoms with E-state index in [1.54, 1.807) is 11.8 Å². The number of hydrogen-bond donors (Lipinski definition) is 0. The molecule has 0 heterocycles. The third kappa shape index (κ3) is 10.9. The van der Waals surface area contributed by atoms with Crippen LogP contribution in [0.5, 0.6) is 0 Å². The summed E-state index contributed by atoms with van der Waals surface area (Å²) in [6, 6.07) is 0.775. The normalized spacial score (nSPS) is 12.4. The van der Waals surface area contributed by atoms with Crippen molar-refractivity contribution < 1.29 is 22.8 Å². The number of ether oxygens (including phenoxy) is 1. The second kappa shape index (κ2) is 14.9. The van der Waals surface area contributed by atoms with E-state index in [0.29, 0.717) is 26.4 Å². The van der Waals surface area contributed by atoms with Gasteiger partial charge in [-0.15, -0.1) is 11.8 Å². The van der Waals surface area contributed by atoms with E-state index in [0.717, 1.165) is 31.1 Å². The maximum absolute atomic E-state index is 12.3. The van der Waals surface area contributed by atoms with Crippen LogP contribution in [0.4, 0.5) is 0 Å². The van der Waals surface area contributed by atoms with Crippen LogP contribution in [0.25, 0.3) is 0 Å². The average molecular weight is 409 g/mol. The van der Waals surface area contributed by atoms with Gasteiger partial charge in [0.15, 0.2) is 0 Å². The highest BCUT2D eigenvalue weighted by Gasteiger charge is 2.40. The van der Waals surface area contributed by atoms with Crippen molar-refractivity contribution in [3.05, 3.63) is 0 Å². The van der Waals surface area contributed by atoms with E-state index in [4.69, 9.17) is 18.0 Å². The van der Waals surface area contributed by atoms with Crippen molar-refractivity contribution in [2.75, 3.05) is 32.2 Å². The van der Waals surface area contributed by atoms with Crippen LogP contribution >= 0.6 is 11.8 Å². The Bertz CT molecular complexity index is 349. The molecule has 0 atom stereocenters. The predicted octanol–water partition coefficient (Wildman–Crippen LogP) is 5.06. The minimum atomic E-state index is -2.58. The molecule has 0 fully saturated rings. The fourth-order valence-electron chi connectivity index (χ4n) is 2.54. The van der Waals surface area contributed by atoms with E-state index in [1.807, 2.05) is 34.6 Å². The Labute approximate surface area is 166 Å². The van der Waals surface area contributed by atoms with Crippen LogP contribution in [0.2, 0.25) is 6.04 Å². The summed E-state index contributed by atoms with van der Waals surface area (Å²) in [5, 5.41) is 0. The van der Waals surface area contributed by atoms with Crippen molar-refractivity contribution >= 4 is 26.5 Å². The second-order valence-electron chi connectivity index (χ2n) is 6.64. The lowest BCUT2D eigenvalue weighted by atomic mass is 10.2. The van der Waals surface area contributed by atoms with Gasteiger partial charge in [-0.1, -0.05) is 26.2 Å². The molecule has 0 unspecified atom stereocenters. The molecule has 0 aromatic carbocycles. The van der Waals surface area contributed by atoms with Crippen molar-refractivity contribution in [3.63, 3.8) is 0 Å². The fourth-order valence-corrected chi connectivity index (χ4v) is 6.39. The van der Waals surface area contributed by atoms with Gasteiger partial charge in [0.05, 0.1) is 6.61 Å². The molecule has 0 saturated carbocycles. The molecule has 5 nitrogen and oxygen atoms in total. The average Bonchev–Trinajstić information content (AvgIpc) is 2.59. The van der Waals surface area contributed by atoms with Crippen molar-refractivity contribution in [3.8, 4) is 0 Å². The molecule has 156 valence electrons. The number of esters is 1. The topological polar surface area (TPSA) is 54.0 Å². The molecule has 0 aromatic rings. The van der Waals surface area contributed by atoms with Crippen LogP contribution in [-0.2, 0) is 22.8 Å². The maximum atomic E-state index is 12.3. The molecule has 0 radical (unpaired) electrons. The van der Waals surface area contributed by atoms with E-state index in [2.05, 4.69) is 6.92 Å². The summed E-state index contributed by atoms with van der Waals surface area (Å²) < 4.78 is 22.5. The first-order chi connectivity index (χ1) is 12.4. The van der Waals surface area contributed by atoms with Crippen LogP contribution in [-0.4, -0.2) is 51.7 Å². The Kier molecular flexibility index (Phi) is 14.9. The van der Waals surface area contributed by atoms with Crippen LogP contribution in [0.1, 0.15) is 73.6 Å². The molecular formula is C19H40O5SSi. The summed E-state index contributed by atoms with van der Waals surface area (Å²) in [6.07, 6.45) is 5.35. The molecule has 0 N–H and O–H groups in total. The van der Waals surface area contributed by atoms with Crippen molar-refractivity contribution in [1.29, 1.82) is 0 Å². The monoisotopic (exact) mass is 408 g/mol. The van der Waals surface area contributed by atoms with Gasteiger partial charge >= 0.3 is 14.8 Å². The van der Waals surface area contributed by atoms with Crippen molar-refractivity contribution in [2.45, 2.75) is 84.4 Å². The third-order valence-corrected chi connectivity index (χ3v) is 8.44. The Morgan fingerprint density at radius 3 is 1.96 bits per heavy atom. The molecule has 0 rings (SSSR count). The number of carbonyl (C=O) groups excluding carboxylic acids is 1. The molecule has 7 heteroatoms. The van der Waals surface area contributed by atoms with Gasteiger partial charge in [0.1, 0.15) is 4.75 Å². The maximum Gasteiger partial charge on any atom is 0.500 e. The highest BCUT2D eigenvalue weighted by Crippen LogP contribution is 2.29. The van der Waals surface area contributed by atoms with Gasteiger partial charge in [-0.3, -0.25) is 4.79 Å². The molecule has 0 bridgehead atoms. The third-order valence-electron chi connectivity index (χ3n) is 3.91. The summed E-state index contributed by atoms with van der Waals surface area (Å²) in [7, 11) is -2.58. The number of rotatable bonds is 17. The van der Waals surface area contributed by atoms with Crippen LogP contribution in [0.15, 0.2) is 0 Å². The molecule has 0 amide bonds. The quantitative estimate of drug-likeness (QED) is 0.190. The predicted molar refractivity (Wildman–Crippen MR) is 112 cm³/mol. The largest absolute Gasteiger partial charge is 0.500 e. The smallest absolute Gasteiger partial charge is 0.465 e. The fraction of sp³-hybridized carbons (Fsp3) is 0.947. The second-order valence-corrected chi connectivity index (χ2v) is 11.1. The summed E-state index contributed by atoms with van der Waals surface area (Å²) in [4.78, 5) is 12.3. The van der Waals surface area contributed by atoms with Gasteiger partial charge < -0.3 is 18.0 Å². The summed E-state index contributed by atoms with van der Waals surface area (Å²) >= 11 is 1.63. The number of hydrogen-bond acceptors (Lipinski definition) is 6. The highest BCUT2D eigenvalue weighted by molar-refractivity contribution is 8.01. The van der Waals surface area contributed by atoms with E-state index >= 15 is 0 Å². The lowest BCUT2D eigenvalue weighted by molar-refractivity contribution is -0.145. The lowest BCUT2D eigenvalue weighted by Gasteiger charge is -2.29. The Hall–Kier alpha value is -0.0831. The standard InChI is InChI=1S/C19H40O5SSi/c1-7-11-12-13-15-21-18(20)19(5,6)25-16-14-17-26(22-8-2,23-9-3)24-10-4/h7-17H2,1-6H3. The van der Waals surface area contributed by atoms with E-state index < -0.39 is 13.6 Å². The molecule has 0 aliphatic heterocycles. The molecule has 0 aromatic heterocycles. The van der Waals surface area contributed by atoms with Crippen LogP contribution in [0.3, 0.4) is 0 Å². The number of thioether (sulfide) groups is 1. The summed E-state index contributed by atoms with van der Waals surface area (Å²) in [5.74, 6) is 0.724. The zero-order valence-electron chi connectivity index (χ0n) is 17.7. The van der Waals surface area contributed by atoms with Gasteiger partial charge in [-0.05, 0) is 53.2 Å². The van der Waals surface area contributed by atoms with Crippen LogP contribution in [0, 0.1) is 0 Å². The molecule has 0 saturated heterocycles. The lowest BCUT2D eigenvalue weighted by Crippen LogP contribution is -2.46. The molecule has 26 heavy (non-hydrogen) atoms. The van der Waals surface area contributed by atoms with Crippen molar-refractivity contribution in [1.82, 2.24) is 0 Å². The van der Waals surface area contributed by atoms with E-state index in [-0.39, 0.29) is 5.97 Å². The van der Waals surface area contributed by atoms with Gasteiger partial charge in [0, 0.05) is 25.9 Å². The molecule has 0 aliphatic carbocycles. The first kappa shape index (κ1) is 25.9. The van der Waals surface area contributed by atoms with Crippen molar-refractivity contribution in [2.24, 2.45) is 0 Å².